The molecule has 0 saturated carbocycles. The van der Waals surface area contributed by atoms with Crippen LogP contribution in [0.25, 0.3) is 0 Å². The molecule has 0 aliphatic rings. The average molecular weight is 196 g/mol. The maximum Gasteiger partial charge on any atom is 1.00 e. The van der Waals surface area contributed by atoms with Crippen LogP contribution < -0.4 is 56.5 Å². The number of rotatable bonds is 0. The molecule has 6 nitrogen and oxygen atoms in total. The molecule has 10 heavy (non-hydrogen) atoms. The van der Waals surface area contributed by atoms with Gasteiger partial charge >= 0.3 is 57.5 Å². The average Bonchev–Trinajstić information content (AvgIpc) is 1.25. The minimum atomic E-state index is -2.08. The molecule has 0 rings (SSSR count). The monoisotopic (exact) mass is 196 g/mol. The predicted molar refractivity (Wildman–Crippen MR) is 29.8 cm³/mol. The molecule has 1 unspecified atom stereocenters. The van der Waals surface area contributed by atoms with Crippen LogP contribution in [0.4, 0.5) is 9.59 Å². The fourth-order valence-corrected chi connectivity index (χ4v) is 0. The molecule has 0 aromatic rings. The van der Waals surface area contributed by atoms with Crippen molar-refractivity contribution >= 4 is 22.2 Å². The van der Waals surface area contributed by atoms with Gasteiger partial charge < -0.3 is 25.2 Å². The smallest absolute Gasteiger partial charge is 0.565 e. The molecule has 0 aromatic carbocycles. The molecule has 1 atom stereocenters. The quantitative estimate of drug-likeness (QED) is 0.270. The molecular formula is C2H6KO6P. The van der Waals surface area contributed by atoms with Crippen LogP contribution >= 0.6 is 9.90 Å². The molecule has 0 spiro atoms. The first kappa shape index (κ1) is 22.4. The van der Waals surface area contributed by atoms with Crippen LogP contribution in [0.15, 0.2) is 0 Å². The molecule has 0 aliphatic carbocycles. The second-order valence-electron chi connectivity index (χ2n) is 0.548. The summed E-state index contributed by atoms with van der Waals surface area (Å²) in [6.45, 7) is 0. The molecule has 3 N–H and O–H groups in total. The van der Waals surface area contributed by atoms with Crippen LogP contribution in [-0.4, -0.2) is 27.6 Å². The van der Waals surface area contributed by atoms with E-state index < -0.39 is 12.3 Å². The van der Waals surface area contributed by atoms with E-state index in [1.807, 2.05) is 0 Å². The molecule has 0 radical (unpaired) electrons. The van der Waals surface area contributed by atoms with Gasteiger partial charge in [0, 0.05) is 0 Å². The summed E-state index contributed by atoms with van der Waals surface area (Å²) < 4.78 is 0. The van der Waals surface area contributed by atoms with Crippen LogP contribution in [-0.2, 0) is 0 Å². The third-order valence-corrected chi connectivity index (χ3v) is 0. The summed E-state index contributed by atoms with van der Waals surface area (Å²) in [5, 5.41) is 29.2. The van der Waals surface area contributed by atoms with Gasteiger partial charge in [0.25, 0.3) is 0 Å². The van der Waals surface area contributed by atoms with E-state index in [2.05, 4.69) is 0 Å². The number of carbonyl (C=O) groups is 2. The first-order valence-corrected chi connectivity index (χ1v) is 1.28. The Morgan fingerprint density at radius 2 is 1.10 bits per heavy atom. The largest absolute Gasteiger partial charge is 1.00 e. The Morgan fingerprint density at radius 1 is 1.10 bits per heavy atom. The minimum Gasteiger partial charge on any atom is -0.565 e. The zero-order chi connectivity index (χ0) is 7.15. The van der Waals surface area contributed by atoms with Crippen molar-refractivity contribution in [3.05, 3.63) is 0 Å². The third-order valence-electron chi connectivity index (χ3n) is 0. The summed E-state index contributed by atoms with van der Waals surface area (Å²) in [5.41, 5.74) is 0. The van der Waals surface area contributed by atoms with Crippen LogP contribution in [0.3, 0.4) is 0 Å². The van der Waals surface area contributed by atoms with Gasteiger partial charge in [0.2, 0.25) is 6.16 Å². The molecule has 0 amide bonds. The SMILES string of the molecule is O=C(O)O.O=C([O-])O.P.[K+]. The Kier molecular flexibility index (Phi) is 36.6. The molecule has 0 aromatic heterocycles. The number of hydrogen-bond donors (Lipinski definition) is 3. The zero-order valence-electron chi connectivity index (χ0n) is 5.27. The molecular weight excluding hydrogens is 190 g/mol. The maximum absolute atomic E-state index is 8.56. The summed E-state index contributed by atoms with van der Waals surface area (Å²) in [6, 6.07) is 0. The Balaban J connectivity index is -0.0000000300. The first-order valence-electron chi connectivity index (χ1n) is 1.28. The van der Waals surface area contributed by atoms with Gasteiger partial charge in [-0.15, -0.1) is 0 Å². The second kappa shape index (κ2) is 16.3. The maximum atomic E-state index is 8.56. The van der Waals surface area contributed by atoms with Crippen molar-refractivity contribution in [2.45, 2.75) is 0 Å². The van der Waals surface area contributed by atoms with Gasteiger partial charge in [0.1, 0.15) is 0 Å². The van der Waals surface area contributed by atoms with E-state index in [9.17, 15) is 0 Å². The minimum absolute atomic E-state index is 0. The first-order chi connectivity index (χ1) is 3.46. The van der Waals surface area contributed by atoms with Crippen molar-refractivity contribution in [2.24, 2.45) is 0 Å². The van der Waals surface area contributed by atoms with Gasteiger partial charge in [-0.3, -0.25) is 0 Å². The molecule has 8 heteroatoms. The summed E-state index contributed by atoms with van der Waals surface area (Å²) in [7, 11) is 0. The summed E-state index contributed by atoms with van der Waals surface area (Å²) in [4.78, 5) is 17.0. The van der Waals surface area contributed by atoms with E-state index in [1.165, 1.54) is 0 Å². The van der Waals surface area contributed by atoms with Crippen LogP contribution in [0, 0.1) is 0 Å². The second-order valence-corrected chi connectivity index (χ2v) is 0.548. The Bertz CT molecular complexity index is 73.7. The molecule has 56 valence electrons. The van der Waals surface area contributed by atoms with Crippen LogP contribution in [0.5, 0.6) is 0 Å². The van der Waals surface area contributed by atoms with Crippen molar-refractivity contribution in [1.82, 2.24) is 0 Å². The fraction of sp³-hybridized carbons (Fsp3) is 0. The van der Waals surface area contributed by atoms with Gasteiger partial charge in [0.05, 0.1) is 0 Å². The van der Waals surface area contributed by atoms with Crippen LogP contribution in [0.1, 0.15) is 0 Å². The van der Waals surface area contributed by atoms with E-state index in [4.69, 9.17) is 30.0 Å². The summed E-state index contributed by atoms with van der Waals surface area (Å²) in [6.07, 6.45) is -3.92. The fourth-order valence-electron chi connectivity index (χ4n) is 0. The molecule has 0 bridgehead atoms. The Hall–Kier alpha value is 0.606. The Labute approximate surface area is 102 Å². The van der Waals surface area contributed by atoms with E-state index in [-0.39, 0.29) is 61.3 Å². The van der Waals surface area contributed by atoms with Crippen molar-refractivity contribution < 1.29 is 81.4 Å². The van der Waals surface area contributed by atoms with E-state index in [0.29, 0.717) is 0 Å². The normalized spacial score (nSPS) is 4.80. The van der Waals surface area contributed by atoms with E-state index >= 15 is 0 Å². The van der Waals surface area contributed by atoms with Gasteiger partial charge in [-0.1, -0.05) is 0 Å². The summed E-state index contributed by atoms with van der Waals surface area (Å²) in [5.74, 6) is 0. The van der Waals surface area contributed by atoms with Crippen molar-refractivity contribution in [2.75, 3.05) is 0 Å². The van der Waals surface area contributed by atoms with Gasteiger partial charge in [-0.2, -0.15) is 9.90 Å². The number of hydrogen-bond acceptors (Lipinski definition) is 3. The number of carboxylic acid groups (broad SMARTS) is 4. The van der Waals surface area contributed by atoms with Gasteiger partial charge in [-0.25, -0.2) is 4.79 Å². The molecule has 0 saturated heterocycles. The topological polar surface area (TPSA) is 118 Å². The van der Waals surface area contributed by atoms with Crippen molar-refractivity contribution in [3.8, 4) is 0 Å². The Morgan fingerprint density at radius 3 is 1.10 bits per heavy atom. The zero-order valence-corrected chi connectivity index (χ0v) is 9.81. The van der Waals surface area contributed by atoms with E-state index in [1.54, 1.807) is 0 Å². The molecule has 0 aliphatic heterocycles. The standard InChI is InChI=1S/2CH2O3.K.H3P/c2*2-1(3)4;;/h2*(H2,2,3,4);;1H3/q;;+1;/p-1. The third kappa shape index (κ3) is 1350. The summed E-state index contributed by atoms with van der Waals surface area (Å²) >= 11 is 0. The van der Waals surface area contributed by atoms with Crippen molar-refractivity contribution in [1.29, 1.82) is 0 Å². The van der Waals surface area contributed by atoms with Gasteiger partial charge in [0.15, 0.2) is 0 Å². The van der Waals surface area contributed by atoms with Crippen LogP contribution in [0.2, 0.25) is 0 Å². The van der Waals surface area contributed by atoms with E-state index in [0.717, 1.165) is 0 Å². The predicted octanol–water partition coefficient (Wildman–Crippen LogP) is -3.83. The molecule has 0 heterocycles. The molecule has 0 fully saturated rings. The van der Waals surface area contributed by atoms with Crippen molar-refractivity contribution in [3.63, 3.8) is 0 Å². The van der Waals surface area contributed by atoms with Gasteiger partial charge in [-0.05, 0) is 0 Å².